The summed E-state index contributed by atoms with van der Waals surface area (Å²) in [6.07, 6.45) is 0. The van der Waals surface area contributed by atoms with Gasteiger partial charge in [0.25, 0.3) is 0 Å². The topological polar surface area (TPSA) is 20.2 Å². The Hall–Kier alpha value is -0.730. The minimum Gasteiger partial charge on any atom is -0.499 e. The first-order valence-electron chi connectivity index (χ1n) is 3.14. The van der Waals surface area contributed by atoms with E-state index in [1.807, 2.05) is 18.2 Å². The number of rotatable bonds is 0. The number of thiophene rings is 1. The average Bonchev–Trinajstić information content (AvgIpc) is 2.27. The summed E-state index contributed by atoms with van der Waals surface area (Å²) >= 11 is 7.09. The molecule has 2 rings (SSSR count). The lowest BCUT2D eigenvalue weighted by Crippen LogP contribution is -1.61. The molecule has 11 heavy (non-hydrogen) atoms. The van der Waals surface area contributed by atoms with E-state index in [9.17, 15) is 0 Å². The molecule has 56 valence electrons. The van der Waals surface area contributed by atoms with Gasteiger partial charge in [0.2, 0.25) is 0 Å². The number of benzene rings is 1. The predicted molar refractivity (Wildman–Crippen MR) is 48.5 cm³/mol. The fraction of sp³-hybridized carbons (Fsp3) is 0. The van der Waals surface area contributed by atoms with Crippen LogP contribution in [0.1, 0.15) is 0 Å². The molecule has 0 radical (unpaired) electrons. The first kappa shape index (κ1) is 6.95. The highest BCUT2D eigenvalue weighted by atomic mass is 35.5. The second-order valence-corrected chi connectivity index (χ2v) is 3.77. The van der Waals surface area contributed by atoms with E-state index in [0.717, 1.165) is 10.1 Å². The smallest absolute Gasteiger partial charge is 0.172 e. The van der Waals surface area contributed by atoms with Crippen molar-refractivity contribution in [3.63, 3.8) is 0 Å². The van der Waals surface area contributed by atoms with Crippen molar-refractivity contribution in [1.29, 1.82) is 0 Å². The van der Waals surface area contributed by atoms with Gasteiger partial charge in [-0.1, -0.05) is 29.0 Å². The Bertz CT molecular complexity index is 394. The van der Waals surface area contributed by atoms with Gasteiger partial charge < -0.3 is 5.11 Å². The Labute approximate surface area is 72.9 Å². The van der Waals surface area contributed by atoms with Gasteiger partial charge in [0.05, 0.1) is 0 Å². The fourth-order valence-corrected chi connectivity index (χ4v) is 2.07. The molecule has 0 bridgehead atoms. The molecule has 1 aromatic carbocycles. The van der Waals surface area contributed by atoms with Crippen molar-refractivity contribution < 1.29 is 5.11 Å². The molecule has 0 amide bonds. The molecule has 1 N–H and O–H groups in total. The molecule has 0 atom stereocenters. The quantitative estimate of drug-likeness (QED) is 0.667. The number of hydrogen-bond donors (Lipinski definition) is 1. The molecule has 3 heteroatoms. The summed E-state index contributed by atoms with van der Waals surface area (Å²) in [6.45, 7) is 0. The van der Waals surface area contributed by atoms with Crippen LogP contribution < -0.4 is 0 Å². The Balaban J connectivity index is 2.82. The number of fused-ring (bicyclic) bond motifs is 1. The summed E-state index contributed by atoms with van der Waals surface area (Å²) in [5, 5.41) is 11.2. The standard InChI is InChI=1S/C8H5ClOS/c9-6-2-1-5-3-8(10)11-7(5)4-6/h1-4,10H. The summed E-state index contributed by atoms with van der Waals surface area (Å²) in [7, 11) is 0. The van der Waals surface area contributed by atoms with E-state index in [4.69, 9.17) is 16.7 Å². The van der Waals surface area contributed by atoms with Crippen LogP contribution >= 0.6 is 22.9 Å². The summed E-state index contributed by atoms with van der Waals surface area (Å²) in [5.74, 6) is 0. The third-order valence-corrected chi connectivity index (χ3v) is 2.60. The molecule has 0 saturated heterocycles. The first-order valence-corrected chi connectivity index (χ1v) is 4.33. The molecule has 0 fully saturated rings. The van der Waals surface area contributed by atoms with Gasteiger partial charge in [-0.05, 0) is 23.6 Å². The second-order valence-electron chi connectivity index (χ2n) is 2.27. The summed E-state index contributed by atoms with van der Waals surface area (Å²) in [5.41, 5.74) is 0. The SMILES string of the molecule is Oc1cc2ccc(Cl)cc2s1. The molecule has 2 aromatic rings. The zero-order valence-corrected chi connectivity index (χ0v) is 7.12. The summed E-state index contributed by atoms with van der Waals surface area (Å²) in [4.78, 5) is 0. The van der Waals surface area contributed by atoms with Crippen LogP contribution in [-0.2, 0) is 0 Å². The van der Waals surface area contributed by atoms with E-state index in [1.54, 1.807) is 6.07 Å². The number of halogens is 1. The van der Waals surface area contributed by atoms with Crippen molar-refractivity contribution in [3.8, 4) is 5.06 Å². The Morgan fingerprint density at radius 2 is 2.09 bits per heavy atom. The molecule has 0 unspecified atom stereocenters. The normalized spacial score (nSPS) is 10.6. The molecule has 0 aliphatic heterocycles. The van der Waals surface area contributed by atoms with Gasteiger partial charge in [-0.3, -0.25) is 0 Å². The molecule has 1 heterocycles. The zero-order valence-electron chi connectivity index (χ0n) is 5.54. The molecule has 0 aliphatic carbocycles. The van der Waals surface area contributed by atoms with Crippen molar-refractivity contribution in [2.75, 3.05) is 0 Å². The maximum atomic E-state index is 9.12. The molecule has 0 saturated carbocycles. The van der Waals surface area contributed by atoms with Crippen LogP contribution in [0.3, 0.4) is 0 Å². The highest BCUT2D eigenvalue weighted by molar-refractivity contribution is 7.20. The van der Waals surface area contributed by atoms with Crippen molar-refractivity contribution in [3.05, 3.63) is 29.3 Å². The molecule has 1 aromatic heterocycles. The van der Waals surface area contributed by atoms with Gasteiger partial charge in [0.15, 0.2) is 5.06 Å². The maximum absolute atomic E-state index is 9.12. The van der Waals surface area contributed by atoms with Crippen LogP contribution in [0.4, 0.5) is 0 Å². The van der Waals surface area contributed by atoms with Gasteiger partial charge in [0.1, 0.15) is 0 Å². The van der Waals surface area contributed by atoms with Crippen LogP contribution in [0.2, 0.25) is 5.02 Å². The summed E-state index contributed by atoms with van der Waals surface area (Å²) < 4.78 is 1.02. The van der Waals surface area contributed by atoms with Crippen molar-refractivity contribution in [1.82, 2.24) is 0 Å². The molecular formula is C8H5ClOS. The van der Waals surface area contributed by atoms with E-state index in [2.05, 4.69) is 0 Å². The molecule has 0 aliphatic rings. The van der Waals surface area contributed by atoms with Gasteiger partial charge in [-0.15, -0.1) is 0 Å². The first-order chi connectivity index (χ1) is 5.25. The van der Waals surface area contributed by atoms with Crippen LogP contribution in [0.25, 0.3) is 10.1 Å². The minimum absolute atomic E-state index is 0.335. The van der Waals surface area contributed by atoms with E-state index >= 15 is 0 Å². The van der Waals surface area contributed by atoms with Gasteiger partial charge in [0, 0.05) is 9.72 Å². The lowest BCUT2D eigenvalue weighted by molar-refractivity contribution is 0.491. The highest BCUT2D eigenvalue weighted by Crippen LogP contribution is 2.31. The average molecular weight is 185 g/mol. The lowest BCUT2D eigenvalue weighted by Gasteiger charge is -1.87. The van der Waals surface area contributed by atoms with E-state index in [1.165, 1.54) is 11.3 Å². The van der Waals surface area contributed by atoms with Crippen LogP contribution in [-0.4, -0.2) is 5.11 Å². The monoisotopic (exact) mass is 184 g/mol. The summed E-state index contributed by atoms with van der Waals surface area (Å²) in [6, 6.07) is 7.29. The zero-order chi connectivity index (χ0) is 7.84. The predicted octanol–water partition coefficient (Wildman–Crippen LogP) is 3.26. The van der Waals surface area contributed by atoms with Crippen LogP contribution in [0.5, 0.6) is 5.06 Å². The Morgan fingerprint density at radius 1 is 1.27 bits per heavy atom. The lowest BCUT2D eigenvalue weighted by atomic mass is 10.3. The number of aromatic hydroxyl groups is 1. The largest absolute Gasteiger partial charge is 0.499 e. The van der Waals surface area contributed by atoms with Gasteiger partial charge in [-0.25, -0.2) is 0 Å². The fourth-order valence-electron chi connectivity index (χ4n) is 0.991. The minimum atomic E-state index is 0.335. The maximum Gasteiger partial charge on any atom is 0.172 e. The second kappa shape index (κ2) is 2.40. The molecular weight excluding hydrogens is 180 g/mol. The third-order valence-electron chi connectivity index (χ3n) is 1.47. The number of hydrogen-bond acceptors (Lipinski definition) is 2. The van der Waals surface area contributed by atoms with Crippen molar-refractivity contribution in [2.45, 2.75) is 0 Å². The third kappa shape index (κ3) is 1.19. The van der Waals surface area contributed by atoms with Crippen molar-refractivity contribution in [2.24, 2.45) is 0 Å². The Kier molecular flexibility index (Phi) is 1.51. The van der Waals surface area contributed by atoms with E-state index in [-0.39, 0.29) is 0 Å². The van der Waals surface area contributed by atoms with Crippen LogP contribution in [0.15, 0.2) is 24.3 Å². The van der Waals surface area contributed by atoms with Crippen LogP contribution in [0, 0.1) is 0 Å². The molecule has 1 nitrogen and oxygen atoms in total. The van der Waals surface area contributed by atoms with E-state index in [0.29, 0.717) is 10.1 Å². The van der Waals surface area contributed by atoms with Gasteiger partial charge >= 0.3 is 0 Å². The Morgan fingerprint density at radius 3 is 2.91 bits per heavy atom. The highest BCUT2D eigenvalue weighted by Gasteiger charge is 1.99. The molecule has 0 spiro atoms. The van der Waals surface area contributed by atoms with Gasteiger partial charge in [-0.2, -0.15) is 0 Å². The van der Waals surface area contributed by atoms with E-state index < -0.39 is 0 Å². The van der Waals surface area contributed by atoms with Crippen molar-refractivity contribution >= 4 is 33.0 Å².